The summed E-state index contributed by atoms with van der Waals surface area (Å²) in [6.07, 6.45) is 0.308. The highest BCUT2D eigenvalue weighted by atomic mass is 35.5. The van der Waals surface area contributed by atoms with Crippen LogP contribution in [-0.2, 0) is 11.2 Å². The molecule has 2 aromatic rings. The topological polar surface area (TPSA) is 60.8 Å². The smallest absolute Gasteiger partial charge is 0.329 e. The third kappa shape index (κ3) is 2.13. The summed E-state index contributed by atoms with van der Waals surface area (Å²) in [4.78, 5) is 11.1. The number of nitrogens with zero attached hydrogens (tertiary/aromatic N) is 1. The van der Waals surface area contributed by atoms with Crippen LogP contribution in [0.2, 0.25) is 5.02 Å². The van der Waals surface area contributed by atoms with Crippen molar-refractivity contribution in [1.29, 1.82) is 0 Å². The van der Waals surface area contributed by atoms with E-state index in [2.05, 4.69) is 0 Å². The van der Waals surface area contributed by atoms with Gasteiger partial charge >= 0.3 is 5.97 Å². The fourth-order valence-corrected chi connectivity index (χ4v) is 2.55. The van der Waals surface area contributed by atoms with Crippen molar-refractivity contribution in [3.63, 3.8) is 0 Å². The number of hydrogen-bond acceptors (Lipinski definition) is 3. The quantitative estimate of drug-likeness (QED) is 0.891. The molecule has 1 unspecified atom stereocenters. The first kappa shape index (κ1) is 13.0. The number of fused-ring (bicyclic) bond motifs is 1. The second-order valence-corrected chi connectivity index (χ2v) is 5.19. The Balaban J connectivity index is 1.99. The van der Waals surface area contributed by atoms with Crippen LogP contribution in [0.3, 0.4) is 0 Å². The summed E-state index contributed by atoms with van der Waals surface area (Å²) in [6, 6.07) is 12.0. The third-order valence-electron chi connectivity index (χ3n) is 3.50. The van der Waals surface area contributed by atoms with Gasteiger partial charge < -0.3 is 5.11 Å². The molecule has 20 heavy (non-hydrogen) atoms. The van der Waals surface area contributed by atoms with Crippen molar-refractivity contribution < 1.29 is 15.1 Å². The third-order valence-corrected chi connectivity index (χ3v) is 3.76. The van der Waals surface area contributed by atoms with Gasteiger partial charge in [0.1, 0.15) is 0 Å². The Morgan fingerprint density at radius 1 is 1.15 bits per heavy atom. The first-order valence-corrected chi connectivity index (χ1v) is 6.54. The Morgan fingerprint density at radius 2 is 1.80 bits per heavy atom. The predicted molar refractivity (Wildman–Crippen MR) is 76.3 cm³/mol. The minimum absolute atomic E-state index is 0.308. The van der Waals surface area contributed by atoms with E-state index in [4.69, 9.17) is 16.7 Å². The normalized spacial score (nSPS) is 17.1. The van der Waals surface area contributed by atoms with E-state index in [1.54, 1.807) is 18.2 Å². The molecule has 2 N–H and O–H groups in total. The van der Waals surface area contributed by atoms with Gasteiger partial charge in [0.05, 0.1) is 5.69 Å². The van der Waals surface area contributed by atoms with E-state index in [9.17, 15) is 10.0 Å². The highest BCUT2D eigenvalue weighted by Crippen LogP contribution is 2.35. The van der Waals surface area contributed by atoms with Gasteiger partial charge in [-0.2, -0.15) is 0 Å². The number of carbonyl (C=O) groups is 1. The number of aliphatic carboxylic acids is 1. The maximum atomic E-state index is 11.1. The molecule has 3 rings (SSSR count). The van der Waals surface area contributed by atoms with Crippen LogP contribution in [0.15, 0.2) is 42.5 Å². The van der Waals surface area contributed by atoms with Crippen LogP contribution in [0, 0.1) is 0 Å². The summed E-state index contributed by atoms with van der Waals surface area (Å²) in [5, 5.41) is 20.5. The molecule has 0 radical (unpaired) electrons. The van der Waals surface area contributed by atoms with E-state index in [-0.39, 0.29) is 0 Å². The van der Waals surface area contributed by atoms with Gasteiger partial charge in [0.2, 0.25) is 0 Å². The number of rotatable bonds is 2. The van der Waals surface area contributed by atoms with Crippen LogP contribution in [0.4, 0.5) is 5.69 Å². The zero-order chi connectivity index (χ0) is 14.3. The van der Waals surface area contributed by atoms with E-state index in [0.29, 0.717) is 17.1 Å². The number of hydrogen-bond donors (Lipinski definition) is 2. The molecule has 0 aliphatic carbocycles. The van der Waals surface area contributed by atoms with Crippen molar-refractivity contribution >= 4 is 23.3 Å². The molecule has 0 fully saturated rings. The van der Waals surface area contributed by atoms with E-state index in [0.717, 1.165) is 21.8 Å². The zero-order valence-corrected chi connectivity index (χ0v) is 11.2. The summed E-state index contributed by atoms with van der Waals surface area (Å²) in [5.41, 5.74) is 3.25. The molecule has 1 atom stereocenters. The molecule has 0 saturated heterocycles. The fraction of sp³-hybridized carbons (Fsp3) is 0.133. The Kier molecular flexibility index (Phi) is 3.12. The number of halogens is 1. The summed E-state index contributed by atoms with van der Waals surface area (Å²) in [7, 11) is 0. The second-order valence-electron chi connectivity index (χ2n) is 4.75. The average molecular weight is 290 g/mol. The Morgan fingerprint density at radius 3 is 2.45 bits per heavy atom. The van der Waals surface area contributed by atoms with Crippen LogP contribution in [0.1, 0.15) is 5.56 Å². The SMILES string of the molecule is O=C(O)C1Cc2ccc(-c3ccc(Cl)cc3)cc2N1O. The minimum Gasteiger partial charge on any atom is -0.480 e. The lowest BCUT2D eigenvalue weighted by atomic mass is 10.0. The van der Waals surface area contributed by atoms with Crippen LogP contribution in [0.5, 0.6) is 0 Å². The van der Waals surface area contributed by atoms with Gasteiger partial charge in [0.15, 0.2) is 6.04 Å². The summed E-state index contributed by atoms with van der Waals surface area (Å²) in [6.45, 7) is 0. The first-order valence-electron chi connectivity index (χ1n) is 6.16. The molecule has 0 saturated carbocycles. The standard InChI is InChI=1S/C15H12ClNO3/c16-12-5-3-9(4-6-12)10-1-2-11-8-14(15(18)19)17(20)13(11)7-10/h1-7,14,20H,8H2,(H,18,19). The molecule has 0 bridgehead atoms. The van der Waals surface area contributed by atoms with Crippen molar-refractivity contribution in [2.75, 3.05) is 5.06 Å². The number of carboxylic acid groups (broad SMARTS) is 1. The van der Waals surface area contributed by atoms with Gasteiger partial charge in [0, 0.05) is 11.4 Å². The van der Waals surface area contributed by atoms with Crippen LogP contribution >= 0.6 is 11.6 Å². The summed E-state index contributed by atoms with van der Waals surface area (Å²) < 4.78 is 0. The summed E-state index contributed by atoms with van der Waals surface area (Å²) in [5.74, 6) is -1.03. The molecule has 102 valence electrons. The van der Waals surface area contributed by atoms with Crippen LogP contribution in [-0.4, -0.2) is 22.3 Å². The maximum Gasteiger partial charge on any atom is 0.329 e. The molecule has 1 aliphatic rings. The van der Waals surface area contributed by atoms with Gasteiger partial charge in [-0.1, -0.05) is 35.9 Å². The molecule has 5 heteroatoms. The second kappa shape index (κ2) is 4.81. The van der Waals surface area contributed by atoms with Crippen molar-refractivity contribution in [2.24, 2.45) is 0 Å². The van der Waals surface area contributed by atoms with E-state index in [1.807, 2.05) is 24.3 Å². The lowest BCUT2D eigenvalue weighted by molar-refractivity contribution is -0.139. The van der Waals surface area contributed by atoms with Crippen molar-refractivity contribution in [2.45, 2.75) is 12.5 Å². The molecular formula is C15H12ClNO3. The Labute approximate surface area is 120 Å². The molecule has 0 amide bonds. The van der Waals surface area contributed by atoms with E-state index in [1.165, 1.54) is 0 Å². The van der Waals surface area contributed by atoms with E-state index < -0.39 is 12.0 Å². The fourth-order valence-electron chi connectivity index (χ4n) is 2.43. The molecular weight excluding hydrogens is 278 g/mol. The lowest BCUT2D eigenvalue weighted by Crippen LogP contribution is -2.35. The molecule has 2 aromatic carbocycles. The van der Waals surface area contributed by atoms with Crippen molar-refractivity contribution in [3.05, 3.63) is 53.1 Å². The van der Waals surface area contributed by atoms with Gasteiger partial charge in [0.25, 0.3) is 0 Å². The molecule has 1 aliphatic heterocycles. The highest BCUT2D eigenvalue weighted by molar-refractivity contribution is 6.30. The largest absolute Gasteiger partial charge is 0.480 e. The van der Waals surface area contributed by atoms with Crippen LogP contribution < -0.4 is 5.06 Å². The molecule has 0 aromatic heterocycles. The van der Waals surface area contributed by atoms with Crippen molar-refractivity contribution in [3.8, 4) is 11.1 Å². The van der Waals surface area contributed by atoms with Gasteiger partial charge in [-0.25, -0.2) is 9.86 Å². The highest BCUT2D eigenvalue weighted by Gasteiger charge is 2.33. The van der Waals surface area contributed by atoms with E-state index >= 15 is 0 Å². The number of anilines is 1. The van der Waals surface area contributed by atoms with Crippen molar-refractivity contribution in [1.82, 2.24) is 0 Å². The van der Waals surface area contributed by atoms with Gasteiger partial charge in [-0.3, -0.25) is 5.21 Å². The monoisotopic (exact) mass is 289 g/mol. The minimum atomic E-state index is -1.03. The average Bonchev–Trinajstić information content (AvgIpc) is 2.77. The maximum absolute atomic E-state index is 11.1. The molecule has 0 spiro atoms. The number of hydroxylamine groups is 1. The predicted octanol–water partition coefficient (Wildman–Crippen LogP) is 3.21. The zero-order valence-electron chi connectivity index (χ0n) is 10.5. The van der Waals surface area contributed by atoms with Gasteiger partial charge in [-0.05, 0) is 34.9 Å². The molecule has 1 heterocycles. The van der Waals surface area contributed by atoms with Gasteiger partial charge in [-0.15, -0.1) is 0 Å². The van der Waals surface area contributed by atoms with Crippen LogP contribution in [0.25, 0.3) is 11.1 Å². The number of carboxylic acids is 1. The Hall–Kier alpha value is -2.04. The lowest BCUT2D eigenvalue weighted by Gasteiger charge is -2.16. The molecule has 4 nitrogen and oxygen atoms in total. The summed E-state index contributed by atoms with van der Waals surface area (Å²) >= 11 is 5.86. The Bertz CT molecular complexity index is 669. The number of benzene rings is 2. The first-order chi connectivity index (χ1) is 9.56.